The van der Waals surface area contributed by atoms with Crippen molar-refractivity contribution in [2.45, 2.75) is 13.3 Å². The summed E-state index contributed by atoms with van der Waals surface area (Å²) in [6.07, 6.45) is 2.10. The number of aryl methyl sites for hydroxylation is 1. The maximum atomic E-state index is 6.03. The molecular formula is C18H20ClN5O. The minimum Gasteiger partial charge on any atom is -0.496 e. The largest absolute Gasteiger partial charge is 0.496 e. The van der Waals surface area contributed by atoms with Gasteiger partial charge in [-0.3, -0.25) is 0 Å². The number of nitrogens with zero attached hydrogens (tertiary/aromatic N) is 4. The molecule has 1 aromatic carbocycles. The Hall–Kier alpha value is -2.60. The van der Waals surface area contributed by atoms with Crippen molar-refractivity contribution in [2.24, 2.45) is 0 Å². The summed E-state index contributed by atoms with van der Waals surface area (Å²) in [7, 11) is 1.66. The van der Waals surface area contributed by atoms with Crippen LogP contribution in [-0.2, 0) is 6.42 Å². The normalized spacial score (nSPS) is 10.8. The van der Waals surface area contributed by atoms with Gasteiger partial charge in [0, 0.05) is 30.0 Å². The number of rotatable bonds is 7. The van der Waals surface area contributed by atoms with Crippen LogP contribution in [0.15, 0.2) is 42.7 Å². The Kier molecular flexibility index (Phi) is 5.19. The maximum Gasteiger partial charge on any atom is 0.254 e. The third kappa shape index (κ3) is 3.44. The Morgan fingerprint density at radius 1 is 1.36 bits per heavy atom. The summed E-state index contributed by atoms with van der Waals surface area (Å²) in [6, 6.07) is 7.83. The zero-order valence-corrected chi connectivity index (χ0v) is 15.0. The molecule has 0 atom stereocenters. The van der Waals surface area contributed by atoms with Crippen LogP contribution < -0.4 is 10.1 Å². The molecule has 130 valence electrons. The molecule has 0 spiro atoms. The molecule has 0 saturated carbocycles. The minimum atomic E-state index is 0.458. The number of nitrogens with one attached hydrogen (secondary N) is 1. The van der Waals surface area contributed by atoms with E-state index in [0.29, 0.717) is 24.6 Å². The standard InChI is InChI=1S/C18H20ClN5O/c1-12(2)10-20-17-16(13-6-4-5-7-15(13)25-3)14(8-9-19)23-18-21-11-22-24(17)18/h4-7,11,20H,1,8-10H2,2-3H3. The lowest BCUT2D eigenvalue weighted by atomic mass is 10.0. The summed E-state index contributed by atoms with van der Waals surface area (Å²) in [5.74, 6) is 2.55. The number of alkyl halides is 1. The van der Waals surface area contributed by atoms with Crippen LogP contribution in [0.3, 0.4) is 0 Å². The van der Waals surface area contributed by atoms with Gasteiger partial charge in [-0.25, -0.2) is 4.98 Å². The molecule has 0 amide bonds. The molecule has 0 aliphatic heterocycles. The van der Waals surface area contributed by atoms with Crippen LogP contribution >= 0.6 is 11.6 Å². The lowest BCUT2D eigenvalue weighted by molar-refractivity contribution is 0.416. The highest BCUT2D eigenvalue weighted by Crippen LogP contribution is 2.37. The zero-order valence-electron chi connectivity index (χ0n) is 14.3. The van der Waals surface area contributed by atoms with Crippen LogP contribution in [0.2, 0.25) is 0 Å². The number of anilines is 1. The van der Waals surface area contributed by atoms with Gasteiger partial charge in [0.1, 0.15) is 17.9 Å². The van der Waals surface area contributed by atoms with Crippen molar-refractivity contribution in [1.29, 1.82) is 0 Å². The molecule has 0 fully saturated rings. The predicted octanol–water partition coefficient (Wildman–Crippen LogP) is 3.57. The maximum absolute atomic E-state index is 6.03. The lowest BCUT2D eigenvalue weighted by Gasteiger charge is -2.18. The van der Waals surface area contributed by atoms with E-state index in [-0.39, 0.29) is 0 Å². The molecule has 7 heteroatoms. The van der Waals surface area contributed by atoms with E-state index in [1.165, 1.54) is 6.33 Å². The van der Waals surface area contributed by atoms with Crippen LogP contribution in [0.5, 0.6) is 5.75 Å². The van der Waals surface area contributed by atoms with Gasteiger partial charge in [-0.2, -0.15) is 14.6 Å². The second-order valence-corrected chi connectivity index (χ2v) is 6.08. The van der Waals surface area contributed by atoms with E-state index in [9.17, 15) is 0 Å². The number of hydrogen-bond acceptors (Lipinski definition) is 5. The highest BCUT2D eigenvalue weighted by atomic mass is 35.5. The van der Waals surface area contributed by atoms with Crippen molar-refractivity contribution in [3.8, 4) is 16.9 Å². The topological polar surface area (TPSA) is 64.3 Å². The average molecular weight is 358 g/mol. The quantitative estimate of drug-likeness (QED) is 0.517. The van der Waals surface area contributed by atoms with Crippen molar-refractivity contribution in [3.63, 3.8) is 0 Å². The van der Waals surface area contributed by atoms with Gasteiger partial charge < -0.3 is 10.1 Å². The van der Waals surface area contributed by atoms with Crippen LogP contribution in [-0.4, -0.2) is 39.1 Å². The highest BCUT2D eigenvalue weighted by molar-refractivity contribution is 6.18. The van der Waals surface area contributed by atoms with E-state index >= 15 is 0 Å². The smallest absolute Gasteiger partial charge is 0.254 e. The van der Waals surface area contributed by atoms with Crippen molar-refractivity contribution in [2.75, 3.05) is 24.9 Å². The van der Waals surface area contributed by atoms with Crippen molar-refractivity contribution >= 4 is 23.2 Å². The Bertz CT molecular complexity index is 906. The highest BCUT2D eigenvalue weighted by Gasteiger charge is 2.20. The van der Waals surface area contributed by atoms with Crippen LogP contribution in [0, 0.1) is 0 Å². The fraction of sp³-hybridized carbons (Fsp3) is 0.278. The van der Waals surface area contributed by atoms with E-state index in [0.717, 1.165) is 34.0 Å². The van der Waals surface area contributed by atoms with E-state index in [1.54, 1.807) is 11.6 Å². The Labute approximate surface area is 151 Å². The summed E-state index contributed by atoms with van der Waals surface area (Å²) >= 11 is 6.03. The van der Waals surface area contributed by atoms with E-state index in [2.05, 4.69) is 27.0 Å². The van der Waals surface area contributed by atoms with Crippen molar-refractivity contribution < 1.29 is 4.74 Å². The number of ether oxygens (including phenoxy) is 1. The van der Waals surface area contributed by atoms with Gasteiger partial charge in [0.25, 0.3) is 5.78 Å². The third-order valence-corrected chi connectivity index (χ3v) is 3.96. The van der Waals surface area contributed by atoms with Crippen LogP contribution in [0.1, 0.15) is 12.6 Å². The zero-order chi connectivity index (χ0) is 17.8. The third-order valence-electron chi connectivity index (χ3n) is 3.77. The number of hydrogen-bond donors (Lipinski definition) is 1. The van der Waals surface area contributed by atoms with Gasteiger partial charge in [0.2, 0.25) is 0 Å². The fourth-order valence-electron chi connectivity index (χ4n) is 2.69. The first-order valence-corrected chi connectivity index (χ1v) is 8.49. The van der Waals surface area contributed by atoms with E-state index in [1.807, 2.05) is 31.2 Å². The molecule has 3 rings (SSSR count). The van der Waals surface area contributed by atoms with E-state index in [4.69, 9.17) is 16.3 Å². The average Bonchev–Trinajstić information content (AvgIpc) is 3.07. The Morgan fingerprint density at radius 3 is 2.88 bits per heavy atom. The number of methoxy groups -OCH3 is 1. The molecule has 6 nitrogen and oxygen atoms in total. The molecule has 2 heterocycles. The lowest BCUT2D eigenvalue weighted by Crippen LogP contribution is -2.13. The van der Waals surface area contributed by atoms with Gasteiger partial charge in [-0.05, 0) is 13.0 Å². The molecule has 0 saturated heterocycles. The van der Waals surface area contributed by atoms with Crippen molar-refractivity contribution in [3.05, 3.63) is 48.4 Å². The molecule has 0 radical (unpaired) electrons. The number of fused-ring (bicyclic) bond motifs is 1. The van der Waals surface area contributed by atoms with E-state index < -0.39 is 0 Å². The summed E-state index contributed by atoms with van der Waals surface area (Å²) in [4.78, 5) is 8.88. The Morgan fingerprint density at radius 2 is 2.16 bits per heavy atom. The molecule has 0 aliphatic carbocycles. The van der Waals surface area contributed by atoms with Gasteiger partial charge in [-0.1, -0.05) is 30.4 Å². The van der Waals surface area contributed by atoms with Gasteiger partial charge in [-0.15, -0.1) is 11.6 Å². The van der Waals surface area contributed by atoms with Gasteiger partial charge in [0.05, 0.1) is 12.8 Å². The van der Waals surface area contributed by atoms with Gasteiger partial charge >= 0.3 is 0 Å². The summed E-state index contributed by atoms with van der Waals surface area (Å²) < 4.78 is 7.25. The molecule has 0 unspecified atom stereocenters. The Balaban J connectivity index is 2.30. The summed E-state index contributed by atoms with van der Waals surface area (Å²) in [5.41, 5.74) is 3.70. The number of aromatic nitrogens is 4. The first-order chi connectivity index (χ1) is 12.2. The molecular weight excluding hydrogens is 338 g/mol. The second kappa shape index (κ2) is 7.53. The second-order valence-electron chi connectivity index (χ2n) is 5.70. The molecule has 3 aromatic rings. The predicted molar refractivity (Wildman–Crippen MR) is 100 cm³/mol. The number of para-hydroxylation sites is 1. The van der Waals surface area contributed by atoms with Crippen LogP contribution in [0.4, 0.5) is 5.82 Å². The summed E-state index contributed by atoms with van der Waals surface area (Å²) in [6.45, 7) is 6.54. The van der Waals surface area contributed by atoms with Gasteiger partial charge in [0.15, 0.2) is 0 Å². The molecule has 2 aromatic heterocycles. The molecule has 0 aliphatic rings. The van der Waals surface area contributed by atoms with Crippen LogP contribution in [0.25, 0.3) is 16.9 Å². The minimum absolute atomic E-state index is 0.458. The molecule has 25 heavy (non-hydrogen) atoms. The first-order valence-electron chi connectivity index (χ1n) is 7.96. The van der Waals surface area contributed by atoms with Crippen molar-refractivity contribution in [1.82, 2.24) is 19.6 Å². The summed E-state index contributed by atoms with van der Waals surface area (Å²) in [5, 5.41) is 7.73. The first kappa shape index (κ1) is 17.2. The number of benzene rings is 1. The SMILES string of the molecule is C=C(C)CNc1c(-c2ccccc2OC)c(CCCl)nc2ncnn12. The monoisotopic (exact) mass is 357 g/mol. The molecule has 1 N–H and O–H groups in total. The number of halogens is 1. The fourth-order valence-corrected chi connectivity index (χ4v) is 2.87. The molecule has 0 bridgehead atoms.